The lowest BCUT2D eigenvalue weighted by Crippen LogP contribution is -2.50. The largest absolute Gasteiger partial charge is 0.492 e. The number of amides is 1. The number of rotatable bonds is 11. The maximum atomic E-state index is 12.7. The molecular formula is C26H33N5O3S. The SMILES string of the molecule is CCN(CC)c1ccc(-c2nnc(SCC(=O)N3CCN(CCOc4ccccc4)CC3)o2)cc1. The number of benzene rings is 2. The van der Waals surface area contributed by atoms with Gasteiger partial charge in [0.05, 0.1) is 5.75 Å². The summed E-state index contributed by atoms with van der Waals surface area (Å²) < 4.78 is 11.6. The molecule has 8 nitrogen and oxygen atoms in total. The fraction of sp³-hybridized carbons (Fsp3) is 0.423. The van der Waals surface area contributed by atoms with Gasteiger partial charge in [-0.15, -0.1) is 10.2 Å². The molecule has 9 heteroatoms. The van der Waals surface area contributed by atoms with Crippen LogP contribution < -0.4 is 9.64 Å². The monoisotopic (exact) mass is 495 g/mol. The summed E-state index contributed by atoms with van der Waals surface area (Å²) in [6.07, 6.45) is 0. The van der Waals surface area contributed by atoms with Crippen molar-refractivity contribution in [2.24, 2.45) is 0 Å². The minimum absolute atomic E-state index is 0.0958. The van der Waals surface area contributed by atoms with Crippen molar-refractivity contribution in [2.75, 3.05) is 63.1 Å². The Kier molecular flexibility index (Phi) is 9.02. The molecule has 0 saturated carbocycles. The lowest BCUT2D eigenvalue weighted by molar-refractivity contribution is -0.130. The number of aromatic nitrogens is 2. The maximum absolute atomic E-state index is 12.7. The quantitative estimate of drug-likeness (QED) is 0.371. The van der Waals surface area contributed by atoms with Crippen LogP contribution in [0.15, 0.2) is 64.2 Å². The van der Waals surface area contributed by atoms with Crippen LogP contribution >= 0.6 is 11.8 Å². The molecule has 1 amide bonds. The predicted octanol–water partition coefficient (Wildman–Crippen LogP) is 3.90. The Morgan fingerprint density at radius 2 is 1.71 bits per heavy atom. The van der Waals surface area contributed by atoms with Gasteiger partial charge in [-0.25, -0.2) is 0 Å². The summed E-state index contributed by atoms with van der Waals surface area (Å²) in [7, 11) is 0. The van der Waals surface area contributed by atoms with Gasteiger partial charge in [0.15, 0.2) is 0 Å². The number of anilines is 1. The number of carbonyl (C=O) groups is 1. The first kappa shape index (κ1) is 25.1. The molecule has 2 aromatic carbocycles. The molecule has 2 heterocycles. The first-order valence-corrected chi connectivity index (χ1v) is 13.1. The molecular weight excluding hydrogens is 462 g/mol. The van der Waals surface area contributed by atoms with E-state index < -0.39 is 0 Å². The summed E-state index contributed by atoms with van der Waals surface area (Å²) in [5.74, 6) is 1.75. The third-order valence-corrected chi connectivity index (χ3v) is 6.92. The molecule has 0 unspecified atom stereocenters. The zero-order valence-corrected chi connectivity index (χ0v) is 21.2. The normalized spacial score (nSPS) is 14.2. The Morgan fingerprint density at radius 1 is 1.00 bits per heavy atom. The lowest BCUT2D eigenvalue weighted by atomic mass is 10.2. The van der Waals surface area contributed by atoms with Gasteiger partial charge in [0.1, 0.15) is 12.4 Å². The predicted molar refractivity (Wildman–Crippen MR) is 139 cm³/mol. The van der Waals surface area contributed by atoms with Crippen LogP contribution in [-0.2, 0) is 4.79 Å². The van der Waals surface area contributed by atoms with Gasteiger partial charge < -0.3 is 19.0 Å². The van der Waals surface area contributed by atoms with Crippen molar-refractivity contribution >= 4 is 23.4 Å². The van der Waals surface area contributed by atoms with Crippen molar-refractivity contribution in [2.45, 2.75) is 19.1 Å². The van der Waals surface area contributed by atoms with Crippen molar-refractivity contribution in [3.63, 3.8) is 0 Å². The molecule has 0 N–H and O–H groups in total. The van der Waals surface area contributed by atoms with Gasteiger partial charge in [0.25, 0.3) is 5.22 Å². The van der Waals surface area contributed by atoms with Crippen LogP contribution in [0.3, 0.4) is 0 Å². The number of hydrogen-bond acceptors (Lipinski definition) is 8. The Balaban J connectivity index is 1.18. The van der Waals surface area contributed by atoms with E-state index in [0.29, 0.717) is 23.5 Å². The maximum Gasteiger partial charge on any atom is 0.277 e. The molecule has 4 rings (SSSR count). The van der Waals surface area contributed by atoms with Crippen molar-refractivity contribution in [1.29, 1.82) is 0 Å². The highest BCUT2D eigenvalue weighted by Crippen LogP contribution is 2.25. The number of nitrogens with zero attached hydrogens (tertiary/aromatic N) is 5. The summed E-state index contributed by atoms with van der Waals surface area (Å²) >= 11 is 1.29. The summed E-state index contributed by atoms with van der Waals surface area (Å²) in [6.45, 7) is 10.8. The zero-order valence-electron chi connectivity index (χ0n) is 20.4. The van der Waals surface area contributed by atoms with Crippen molar-refractivity contribution in [3.05, 3.63) is 54.6 Å². The van der Waals surface area contributed by atoms with Gasteiger partial charge in [0, 0.05) is 57.1 Å². The summed E-state index contributed by atoms with van der Waals surface area (Å²) in [5.41, 5.74) is 2.04. The topological polar surface area (TPSA) is 74.9 Å². The Bertz CT molecular complexity index is 1050. The van der Waals surface area contributed by atoms with Crippen molar-refractivity contribution < 1.29 is 13.9 Å². The molecule has 186 valence electrons. The highest BCUT2D eigenvalue weighted by Gasteiger charge is 2.22. The van der Waals surface area contributed by atoms with Crippen LogP contribution in [0.1, 0.15) is 13.8 Å². The molecule has 1 aliphatic heterocycles. The fourth-order valence-electron chi connectivity index (χ4n) is 4.03. The molecule has 0 atom stereocenters. The highest BCUT2D eigenvalue weighted by molar-refractivity contribution is 7.99. The van der Waals surface area contributed by atoms with Crippen LogP contribution in [0.2, 0.25) is 0 Å². The van der Waals surface area contributed by atoms with E-state index in [1.54, 1.807) is 0 Å². The van der Waals surface area contributed by atoms with Crippen LogP contribution in [0.5, 0.6) is 5.75 Å². The average Bonchev–Trinajstić information content (AvgIpc) is 3.39. The molecule has 0 aliphatic carbocycles. The highest BCUT2D eigenvalue weighted by atomic mass is 32.2. The number of carbonyl (C=O) groups excluding carboxylic acids is 1. The van der Waals surface area contributed by atoms with E-state index in [-0.39, 0.29) is 5.91 Å². The molecule has 1 fully saturated rings. The minimum Gasteiger partial charge on any atom is -0.492 e. The number of ether oxygens (including phenoxy) is 1. The van der Waals surface area contributed by atoms with E-state index in [1.165, 1.54) is 17.4 Å². The van der Waals surface area contributed by atoms with Gasteiger partial charge >= 0.3 is 0 Å². The molecule has 0 radical (unpaired) electrons. The van der Waals surface area contributed by atoms with E-state index in [9.17, 15) is 4.79 Å². The smallest absolute Gasteiger partial charge is 0.277 e. The third kappa shape index (κ3) is 6.99. The van der Waals surface area contributed by atoms with E-state index >= 15 is 0 Å². The second kappa shape index (κ2) is 12.6. The minimum atomic E-state index is 0.0958. The molecule has 3 aromatic rings. The molecule has 1 aliphatic rings. The summed E-state index contributed by atoms with van der Waals surface area (Å²) in [4.78, 5) is 19.2. The van der Waals surface area contributed by atoms with Crippen molar-refractivity contribution in [1.82, 2.24) is 20.0 Å². The standard InChI is InChI=1S/C26H33N5O3S/c1-3-30(4-2)22-12-10-21(11-13-22)25-27-28-26(34-25)35-20-24(32)31-16-14-29(15-17-31)18-19-33-23-8-6-5-7-9-23/h5-13H,3-4,14-20H2,1-2H3. The second-order valence-corrected chi connectivity index (χ2v) is 9.19. The molecule has 35 heavy (non-hydrogen) atoms. The summed E-state index contributed by atoms with van der Waals surface area (Å²) in [6, 6.07) is 18.0. The second-order valence-electron chi connectivity index (χ2n) is 8.26. The Morgan fingerprint density at radius 3 is 2.40 bits per heavy atom. The van der Waals surface area contributed by atoms with E-state index in [0.717, 1.165) is 57.1 Å². The molecule has 1 saturated heterocycles. The third-order valence-electron chi connectivity index (χ3n) is 6.11. The number of piperazine rings is 1. The van der Waals surface area contributed by atoms with E-state index in [2.05, 4.69) is 46.0 Å². The zero-order chi connectivity index (χ0) is 24.5. The molecule has 1 aromatic heterocycles. The van der Waals surface area contributed by atoms with Crippen LogP contribution in [0, 0.1) is 0 Å². The van der Waals surface area contributed by atoms with Gasteiger partial charge in [-0.2, -0.15) is 0 Å². The van der Waals surface area contributed by atoms with E-state index in [1.807, 2.05) is 47.4 Å². The van der Waals surface area contributed by atoms with Gasteiger partial charge in [0.2, 0.25) is 11.8 Å². The average molecular weight is 496 g/mol. The Hall–Kier alpha value is -3.04. The van der Waals surface area contributed by atoms with Gasteiger partial charge in [-0.05, 0) is 50.2 Å². The number of hydrogen-bond donors (Lipinski definition) is 0. The Labute approximate surface area is 211 Å². The van der Waals surface area contributed by atoms with Crippen LogP contribution in [0.4, 0.5) is 5.69 Å². The fourth-order valence-corrected chi connectivity index (χ4v) is 4.70. The lowest BCUT2D eigenvalue weighted by Gasteiger charge is -2.34. The van der Waals surface area contributed by atoms with E-state index in [4.69, 9.17) is 9.15 Å². The first-order valence-electron chi connectivity index (χ1n) is 12.2. The summed E-state index contributed by atoms with van der Waals surface area (Å²) in [5, 5.41) is 8.69. The van der Waals surface area contributed by atoms with Gasteiger partial charge in [-0.3, -0.25) is 9.69 Å². The molecule has 0 spiro atoms. The van der Waals surface area contributed by atoms with Crippen molar-refractivity contribution in [3.8, 4) is 17.2 Å². The number of thioether (sulfide) groups is 1. The first-order chi connectivity index (χ1) is 17.2. The van der Waals surface area contributed by atoms with Crippen LogP contribution in [-0.4, -0.2) is 84.1 Å². The van der Waals surface area contributed by atoms with Crippen LogP contribution in [0.25, 0.3) is 11.5 Å². The number of para-hydroxylation sites is 1. The van der Waals surface area contributed by atoms with Gasteiger partial charge in [-0.1, -0.05) is 30.0 Å². The molecule has 0 bridgehead atoms.